The molecule has 0 atom stereocenters. The van der Waals surface area contributed by atoms with E-state index in [1.54, 1.807) is 25.1 Å². The van der Waals surface area contributed by atoms with Gasteiger partial charge in [0.05, 0.1) is 22.5 Å². The number of imidazole rings is 1. The lowest BCUT2D eigenvalue weighted by molar-refractivity contribution is -0.121. The van der Waals surface area contributed by atoms with Crippen molar-refractivity contribution in [2.75, 3.05) is 19.7 Å². The minimum absolute atomic E-state index is 0.109. The van der Waals surface area contributed by atoms with E-state index in [9.17, 15) is 18.0 Å². The van der Waals surface area contributed by atoms with Crippen LogP contribution in [0.4, 0.5) is 4.79 Å². The number of hydrogen-bond donors (Lipinski definition) is 2. The third-order valence-corrected chi connectivity index (χ3v) is 7.00. The Bertz CT molecular complexity index is 1040. The van der Waals surface area contributed by atoms with Crippen LogP contribution < -0.4 is 10.9 Å². The molecule has 0 radical (unpaired) electrons. The van der Waals surface area contributed by atoms with Crippen LogP contribution in [0.3, 0.4) is 0 Å². The SMILES string of the molecule is CCCn1c(CCC(=O)NNC(=O)OCC)nc2cc(S(=O)(=O)N3CCCC3)ccc21. The minimum atomic E-state index is -3.52. The van der Waals surface area contributed by atoms with Gasteiger partial charge in [0.2, 0.25) is 15.9 Å². The van der Waals surface area contributed by atoms with Crippen molar-refractivity contribution in [2.24, 2.45) is 0 Å². The van der Waals surface area contributed by atoms with E-state index in [0.29, 0.717) is 37.4 Å². The van der Waals surface area contributed by atoms with E-state index in [1.807, 2.05) is 11.5 Å². The number of amides is 2. The highest BCUT2D eigenvalue weighted by molar-refractivity contribution is 7.89. The maximum absolute atomic E-state index is 12.9. The number of rotatable bonds is 8. The monoisotopic (exact) mass is 451 g/mol. The third kappa shape index (κ3) is 5.34. The Balaban J connectivity index is 1.77. The second-order valence-electron chi connectivity index (χ2n) is 7.34. The van der Waals surface area contributed by atoms with E-state index in [2.05, 4.69) is 20.6 Å². The summed E-state index contributed by atoms with van der Waals surface area (Å²) in [4.78, 5) is 28.2. The number of hydrogen-bond acceptors (Lipinski definition) is 6. The molecular weight excluding hydrogens is 422 g/mol. The molecule has 2 heterocycles. The molecule has 31 heavy (non-hydrogen) atoms. The number of benzene rings is 1. The fourth-order valence-corrected chi connectivity index (χ4v) is 5.17. The Morgan fingerprint density at radius 1 is 1.16 bits per heavy atom. The van der Waals surface area contributed by atoms with Crippen LogP contribution >= 0.6 is 0 Å². The van der Waals surface area contributed by atoms with Crippen LogP contribution in [-0.2, 0) is 32.5 Å². The largest absolute Gasteiger partial charge is 0.449 e. The smallest absolute Gasteiger partial charge is 0.426 e. The van der Waals surface area contributed by atoms with Crippen molar-refractivity contribution < 1.29 is 22.7 Å². The molecule has 0 bridgehead atoms. The first kappa shape index (κ1) is 23.0. The molecule has 11 heteroatoms. The zero-order chi connectivity index (χ0) is 22.4. The van der Waals surface area contributed by atoms with Crippen molar-refractivity contribution in [1.82, 2.24) is 24.7 Å². The molecule has 0 aliphatic carbocycles. The summed E-state index contributed by atoms with van der Waals surface area (Å²) in [6, 6.07) is 5.03. The number of carbonyl (C=O) groups is 2. The minimum Gasteiger partial charge on any atom is -0.449 e. The lowest BCUT2D eigenvalue weighted by atomic mass is 10.3. The molecular formula is C20H29N5O5S. The van der Waals surface area contributed by atoms with Crippen LogP contribution in [0.1, 0.15) is 45.4 Å². The first-order valence-electron chi connectivity index (χ1n) is 10.6. The van der Waals surface area contributed by atoms with Gasteiger partial charge in [-0.05, 0) is 44.4 Å². The number of nitrogens with one attached hydrogen (secondary N) is 2. The van der Waals surface area contributed by atoms with E-state index in [0.717, 1.165) is 24.8 Å². The first-order chi connectivity index (χ1) is 14.9. The van der Waals surface area contributed by atoms with Crippen molar-refractivity contribution in [2.45, 2.75) is 57.4 Å². The number of aromatic nitrogens is 2. The van der Waals surface area contributed by atoms with Gasteiger partial charge >= 0.3 is 6.09 Å². The van der Waals surface area contributed by atoms with E-state index in [4.69, 9.17) is 0 Å². The molecule has 10 nitrogen and oxygen atoms in total. The fraction of sp³-hybridized carbons (Fsp3) is 0.550. The Kier molecular flexibility index (Phi) is 7.50. The zero-order valence-electron chi connectivity index (χ0n) is 17.9. The highest BCUT2D eigenvalue weighted by atomic mass is 32.2. The molecule has 2 amide bonds. The summed E-state index contributed by atoms with van der Waals surface area (Å²) in [7, 11) is -3.52. The number of sulfonamides is 1. The second-order valence-corrected chi connectivity index (χ2v) is 9.27. The summed E-state index contributed by atoms with van der Waals surface area (Å²) in [5.74, 6) is 0.319. The Morgan fingerprint density at radius 2 is 1.90 bits per heavy atom. The quantitative estimate of drug-likeness (QED) is 0.592. The average molecular weight is 452 g/mol. The molecule has 1 aromatic heterocycles. The van der Waals surface area contributed by atoms with E-state index in [-0.39, 0.29) is 23.8 Å². The van der Waals surface area contributed by atoms with Gasteiger partial charge in [-0.3, -0.25) is 10.2 Å². The van der Waals surface area contributed by atoms with Crippen molar-refractivity contribution in [3.63, 3.8) is 0 Å². The molecule has 2 N–H and O–H groups in total. The molecule has 1 aliphatic rings. The van der Waals surface area contributed by atoms with E-state index >= 15 is 0 Å². The van der Waals surface area contributed by atoms with Gasteiger partial charge in [0.1, 0.15) is 5.82 Å². The van der Waals surface area contributed by atoms with Crippen LogP contribution in [0.25, 0.3) is 11.0 Å². The van der Waals surface area contributed by atoms with E-state index in [1.165, 1.54) is 4.31 Å². The van der Waals surface area contributed by atoms with Gasteiger partial charge < -0.3 is 9.30 Å². The summed E-state index contributed by atoms with van der Waals surface area (Å²) >= 11 is 0. The molecule has 1 aromatic carbocycles. The summed E-state index contributed by atoms with van der Waals surface area (Å²) in [5.41, 5.74) is 5.90. The molecule has 0 spiro atoms. The normalized spacial score (nSPS) is 14.6. The third-order valence-electron chi connectivity index (χ3n) is 5.10. The molecule has 0 unspecified atom stereocenters. The number of aryl methyl sites for hydroxylation is 2. The van der Waals surface area contributed by atoms with Crippen LogP contribution in [0.2, 0.25) is 0 Å². The predicted molar refractivity (Wildman–Crippen MR) is 115 cm³/mol. The average Bonchev–Trinajstić information content (AvgIpc) is 3.40. The van der Waals surface area contributed by atoms with E-state index < -0.39 is 16.1 Å². The molecule has 170 valence electrons. The maximum Gasteiger partial charge on any atom is 0.426 e. The van der Waals surface area contributed by atoms with Gasteiger partial charge in [-0.2, -0.15) is 4.31 Å². The lowest BCUT2D eigenvalue weighted by Gasteiger charge is -2.15. The highest BCUT2D eigenvalue weighted by Crippen LogP contribution is 2.25. The van der Waals surface area contributed by atoms with Crippen LogP contribution in [0.15, 0.2) is 23.1 Å². The van der Waals surface area contributed by atoms with Crippen molar-refractivity contribution in [3.05, 3.63) is 24.0 Å². The maximum atomic E-state index is 12.9. The van der Waals surface area contributed by atoms with Crippen LogP contribution in [-0.4, -0.2) is 54.0 Å². The number of fused-ring (bicyclic) bond motifs is 1. The summed E-state index contributed by atoms with van der Waals surface area (Å²) < 4.78 is 34.0. The fourth-order valence-electron chi connectivity index (χ4n) is 3.64. The molecule has 1 fully saturated rings. The van der Waals surface area contributed by atoms with Crippen molar-refractivity contribution in [1.29, 1.82) is 0 Å². The summed E-state index contributed by atoms with van der Waals surface area (Å²) in [6.07, 6.45) is 2.36. The van der Waals surface area contributed by atoms with Crippen LogP contribution in [0.5, 0.6) is 0 Å². The zero-order valence-corrected chi connectivity index (χ0v) is 18.7. The second kappa shape index (κ2) is 10.1. The predicted octanol–water partition coefficient (Wildman–Crippen LogP) is 1.94. The number of carbonyl (C=O) groups excluding carboxylic acids is 2. The van der Waals surface area contributed by atoms with Gasteiger partial charge in [-0.15, -0.1) is 0 Å². The van der Waals surface area contributed by atoms with Gasteiger partial charge in [0.25, 0.3) is 0 Å². The van der Waals surface area contributed by atoms with Crippen molar-refractivity contribution in [3.8, 4) is 0 Å². The molecule has 1 aliphatic heterocycles. The Hall–Kier alpha value is -2.66. The summed E-state index contributed by atoms with van der Waals surface area (Å²) in [5, 5.41) is 0. The number of nitrogens with zero attached hydrogens (tertiary/aromatic N) is 3. The summed E-state index contributed by atoms with van der Waals surface area (Å²) in [6.45, 7) is 5.71. The van der Waals surface area contributed by atoms with Gasteiger partial charge in [0, 0.05) is 32.5 Å². The van der Waals surface area contributed by atoms with Gasteiger partial charge in [-0.1, -0.05) is 6.92 Å². The molecule has 3 rings (SSSR count). The molecule has 1 saturated heterocycles. The lowest BCUT2D eigenvalue weighted by Crippen LogP contribution is -2.42. The molecule has 2 aromatic rings. The Morgan fingerprint density at radius 3 is 2.58 bits per heavy atom. The topological polar surface area (TPSA) is 123 Å². The van der Waals surface area contributed by atoms with Crippen molar-refractivity contribution >= 4 is 33.1 Å². The van der Waals surface area contributed by atoms with Gasteiger partial charge in [-0.25, -0.2) is 23.6 Å². The highest BCUT2D eigenvalue weighted by Gasteiger charge is 2.27. The molecule has 0 saturated carbocycles. The number of hydrazine groups is 1. The standard InChI is InChI=1S/C20H29N5O5S/c1-3-11-25-17-8-7-15(31(28,29)24-12-5-6-13-24)14-16(17)21-18(25)9-10-19(26)22-23-20(27)30-4-2/h7-8,14H,3-6,9-13H2,1-2H3,(H,22,26)(H,23,27). The Labute approximate surface area is 182 Å². The van der Waals surface area contributed by atoms with Crippen LogP contribution in [0, 0.1) is 0 Å². The first-order valence-corrected chi connectivity index (χ1v) is 12.0. The van der Waals surface area contributed by atoms with Gasteiger partial charge in [0.15, 0.2) is 0 Å². The number of ether oxygens (including phenoxy) is 1.